The van der Waals surface area contributed by atoms with E-state index in [0.29, 0.717) is 12.0 Å². The molecule has 0 aliphatic rings. The molecule has 1 aromatic carbocycles. The fourth-order valence-corrected chi connectivity index (χ4v) is 1.27. The van der Waals surface area contributed by atoms with Gasteiger partial charge >= 0.3 is 6.18 Å². The van der Waals surface area contributed by atoms with E-state index in [1.54, 1.807) is 13.0 Å². The van der Waals surface area contributed by atoms with Crippen molar-refractivity contribution in [1.29, 1.82) is 5.26 Å². The van der Waals surface area contributed by atoms with Gasteiger partial charge in [-0.05, 0) is 25.0 Å². The topological polar surface area (TPSA) is 23.8 Å². The molecular weight excluding hydrogens is 203 g/mol. The SMILES string of the molecule is CC(C#N)Cc1cccc(C(F)(F)F)c1. The molecule has 0 aliphatic heterocycles. The zero-order valence-corrected chi connectivity index (χ0v) is 8.17. The molecule has 1 aromatic rings. The van der Waals surface area contributed by atoms with E-state index >= 15 is 0 Å². The van der Waals surface area contributed by atoms with E-state index in [-0.39, 0.29) is 5.92 Å². The summed E-state index contributed by atoms with van der Waals surface area (Å²) in [7, 11) is 0. The molecule has 1 rings (SSSR count). The molecule has 0 amide bonds. The van der Waals surface area contributed by atoms with Crippen molar-refractivity contribution < 1.29 is 13.2 Å². The number of alkyl halides is 3. The van der Waals surface area contributed by atoms with Gasteiger partial charge in [0.2, 0.25) is 0 Å². The van der Waals surface area contributed by atoms with Crippen LogP contribution in [0.3, 0.4) is 0 Å². The molecule has 0 N–H and O–H groups in total. The Hall–Kier alpha value is -1.50. The highest BCUT2D eigenvalue weighted by molar-refractivity contribution is 5.26. The summed E-state index contributed by atoms with van der Waals surface area (Å²) >= 11 is 0. The van der Waals surface area contributed by atoms with Gasteiger partial charge in [0.1, 0.15) is 0 Å². The van der Waals surface area contributed by atoms with Gasteiger partial charge < -0.3 is 0 Å². The summed E-state index contributed by atoms with van der Waals surface area (Å²) in [5.74, 6) is -0.270. The largest absolute Gasteiger partial charge is 0.416 e. The van der Waals surface area contributed by atoms with Crippen LogP contribution in [0.5, 0.6) is 0 Å². The van der Waals surface area contributed by atoms with E-state index in [2.05, 4.69) is 0 Å². The molecular formula is C11H10F3N. The first-order chi connectivity index (χ1) is 6.93. The number of benzene rings is 1. The molecule has 0 bridgehead atoms. The van der Waals surface area contributed by atoms with Crippen LogP contribution in [0, 0.1) is 17.2 Å². The molecule has 0 saturated carbocycles. The van der Waals surface area contributed by atoms with Gasteiger partial charge in [-0.3, -0.25) is 0 Å². The van der Waals surface area contributed by atoms with Crippen LogP contribution in [-0.4, -0.2) is 0 Å². The fourth-order valence-electron chi connectivity index (χ4n) is 1.27. The first-order valence-electron chi connectivity index (χ1n) is 4.49. The average Bonchev–Trinajstić information content (AvgIpc) is 2.17. The van der Waals surface area contributed by atoms with Crippen LogP contribution in [0.2, 0.25) is 0 Å². The fraction of sp³-hybridized carbons (Fsp3) is 0.364. The van der Waals surface area contributed by atoms with Gasteiger partial charge in [-0.2, -0.15) is 18.4 Å². The van der Waals surface area contributed by atoms with Crippen LogP contribution in [0.4, 0.5) is 13.2 Å². The molecule has 0 spiro atoms. The molecule has 0 fully saturated rings. The third-order valence-electron chi connectivity index (χ3n) is 2.02. The minimum atomic E-state index is -4.31. The summed E-state index contributed by atoms with van der Waals surface area (Å²) in [6, 6.07) is 7.07. The normalized spacial score (nSPS) is 13.3. The van der Waals surface area contributed by atoms with Gasteiger partial charge in [-0.1, -0.05) is 18.2 Å². The molecule has 0 aromatic heterocycles. The van der Waals surface area contributed by atoms with Gasteiger partial charge in [0.05, 0.1) is 11.6 Å². The highest BCUT2D eigenvalue weighted by Crippen LogP contribution is 2.29. The summed E-state index contributed by atoms with van der Waals surface area (Å²) in [4.78, 5) is 0. The predicted molar refractivity (Wildman–Crippen MR) is 49.9 cm³/mol. The van der Waals surface area contributed by atoms with Crippen molar-refractivity contribution in [2.75, 3.05) is 0 Å². The molecule has 0 aliphatic carbocycles. The Bertz CT molecular complexity index is 376. The average molecular weight is 213 g/mol. The minimum absolute atomic E-state index is 0.270. The first-order valence-corrected chi connectivity index (χ1v) is 4.49. The van der Waals surface area contributed by atoms with E-state index in [1.807, 2.05) is 6.07 Å². The Morgan fingerprint density at radius 2 is 2.07 bits per heavy atom. The van der Waals surface area contributed by atoms with E-state index in [9.17, 15) is 13.2 Å². The number of hydrogen-bond acceptors (Lipinski definition) is 1. The van der Waals surface area contributed by atoms with Gasteiger partial charge in [0, 0.05) is 5.92 Å². The van der Waals surface area contributed by atoms with Crippen LogP contribution in [0.15, 0.2) is 24.3 Å². The van der Waals surface area contributed by atoms with Crippen molar-refractivity contribution in [3.8, 4) is 6.07 Å². The smallest absolute Gasteiger partial charge is 0.198 e. The van der Waals surface area contributed by atoms with Gasteiger partial charge in [-0.15, -0.1) is 0 Å². The summed E-state index contributed by atoms with van der Waals surface area (Å²) in [6.45, 7) is 1.68. The molecule has 0 saturated heterocycles. The lowest BCUT2D eigenvalue weighted by Crippen LogP contribution is -2.06. The molecule has 4 heteroatoms. The van der Waals surface area contributed by atoms with Crippen molar-refractivity contribution in [2.45, 2.75) is 19.5 Å². The second-order valence-electron chi connectivity index (χ2n) is 3.43. The number of nitrogens with zero attached hydrogens (tertiary/aromatic N) is 1. The van der Waals surface area contributed by atoms with Crippen molar-refractivity contribution >= 4 is 0 Å². The molecule has 1 atom stereocenters. The van der Waals surface area contributed by atoms with Crippen LogP contribution in [0.1, 0.15) is 18.1 Å². The van der Waals surface area contributed by atoms with Gasteiger partial charge in [0.25, 0.3) is 0 Å². The van der Waals surface area contributed by atoms with Gasteiger partial charge in [-0.25, -0.2) is 0 Å². The van der Waals surface area contributed by atoms with E-state index in [0.717, 1.165) is 12.1 Å². The molecule has 0 heterocycles. The maximum absolute atomic E-state index is 12.3. The summed E-state index contributed by atoms with van der Waals surface area (Å²) in [5, 5.41) is 8.55. The second kappa shape index (κ2) is 4.35. The van der Waals surface area contributed by atoms with Crippen LogP contribution in [0.25, 0.3) is 0 Å². The number of nitriles is 1. The Morgan fingerprint density at radius 3 is 2.60 bits per heavy atom. The maximum Gasteiger partial charge on any atom is 0.416 e. The maximum atomic E-state index is 12.3. The lowest BCUT2D eigenvalue weighted by Gasteiger charge is -2.09. The highest BCUT2D eigenvalue weighted by atomic mass is 19.4. The zero-order valence-electron chi connectivity index (χ0n) is 8.17. The van der Waals surface area contributed by atoms with Crippen molar-refractivity contribution in [3.05, 3.63) is 35.4 Å². The van der Waals surface area contributed by atoms with Gasteiger partial charge in [0.15, 0.2) is 0 Å². The predicted octanol–water partition coefficient (Wildman–Crippen LogP) is 3.41. The van der Waals surface area contributed by atoms with Crippen molar-refractivity contribution in [3.63, 3.8) is 0 Å². The number of hydrogen-bond donors (Lipinski definition) is 0. The minimum Gasteiger partial charge on any atom is -0.198 e. The first kappa shape index (κ1) is 11.6. The Balaban J connectivity index is 2.90. The van der Waals surface area contributed by atoms with Crippen LogP contribution < -0.4 is 0 Å². The molecule has 1 nitrogen and oxygen atoms in total. The highest BCUT2D eigenvalue weighted by Gasteiger charge is 2.30. The lowest BCUT2D eigenvalue weighted by atomic mass is 10.0. The van der Waals surface area contributed by atoms with E-state index in [1.165, 1.54) is 6.07 Å². The van der Waals surface area contributed by atoms with Crippen LogP contribution >= 0.6 is 0 Å². The van der Waals surface area contributed by atoms with E-state index in [4.69, 9.17) is 5.26 Å². The van der Waals surface area contributed by atoms with Crippen molar-refractivity contribution in [2.24, 2.45) is 5.92 Å². The molecule has 15 heavy (non-hydrogen) atoms. The summed E-state index contributed by atoms with van der Waals surface area (Å²) in [5.41, 5.74) is -0.121. The Kier molecular flexibility index (Phi) is 3.35. The summed E-state index contributed by atoms with van der Waals surface area (Å²) in [6.07, 6.45) is -3.97. The number of rotatable bonds is 2. The Morgan fingerprint density at radius 1 is 1.40 bits per heavy atom. The zero-order chi connectivity index (χ0) is 11.5. The van der Waals surface area contributed by atoms with Crippen LogP contribution in [-0.2, 0) is 12.6 Å². The second-order valence-corrected chi connectivity index (χ2v) is 3.43. The van der Waals surface area contributed by atoms with E-state index < -0.39 is 11.7 Å². The molecule has 1 unspecified atom stereocenters. The number of halogens is 3. The Labute approximate surface area is 86.1 Å². The monoisotopic (exact) mass is 213 g/mol. The standard InChI is InChI=1S/C11H10F3N/c1-8(7-15)5-9-3-2-4-10(6-9)11(12,13)14/h2-4,6,8H,5H2,1H3. The molecule has 80 valence electrons. The molecule has 0 radical (unpaired) electrons. The third-order valence-corrected chi connectivity index (χ3v) is 2.02. The third kappa shape index (κ3) is 3.28. The lowest BCUT2D eigenvalue weighted by molar-refractivity contribution is -0.137. The quantitative estimate of drug-likeness (QED) is 0.738. The summed E-state index contributed by atoms with van der Waals surface area (Å²) < 4.78 is 37.0. The van der Waals surface area contributed by atoms with Crippen molar-refractivity contribution in [1.82, 2.24) is 0 Å².